The van der Waals surface area contributed by atoms with Gasteiger partial charge in [-0.2, -0.15) is 0 Å². The molecule has 0 bridgehead atoms. The topological polar surface area (TPSA) is 184 Å². The number of piperazine rings is 1. The number of rotatable bonds is 13. The Morgan fingerprint density at radius 1 is 1.13 bits per heavy atom. The van der Waals surface area contributed by atoms with Gasteiger partial charge in [0.2, 0.25) is 11.8 Å². The van der Waals surface area contributed by atoms with Gasteiger partial charge in [0, 0.05) is 81.5 Å². The smallest absolute Gasteiger partial charge is 0.258 e. The summed E-state index contributed by atoms with van der Waals surface area (Å²) in [4.78, 5) is 60.4. The summed E-state index contributed by atoms with van der Waals surface area (Å²) in [5.41, 5.74) is 7.35. The van der Waals surface area contributed by atoms with Crippen LogP contribution < -0.4 is 16.4 Å². The van der Waals surface area contributed by atoms with Crippen LogP contribution >= 0.6 is 0 Å². The van der Waals surface area contributed by atoms with Crippen molar-refractivity contribution in [2.45, 2.75) is 57.4 Å². The Kier molecular flexibility index (Phi) is 11.7. The summed E-state index contributed by atoms with van der Waals surface area (Å²) in [6.45, 7) is 10.6. The largest absolute Gasteiger partial charge is 0.404 e. The van der Waals surface area contributed by atoms with E-state index in [-0.39, 0.29) is 49.1 Å². The van der Waals surface area contributed by atoms with Crippen LogP contribution in [0.25, 0.3) is 0 Å². The zero-order chi connectivity index (χ0) is 33.5. The molecular weight excluding hydrogens is 614 g/mol. The van der Waals surface area contributed by atoms with Crippen LogP contribution in [0.15, 0.2) is 35.0 Å². The number of hydrogen-bond acceptors (Lipinski definition) is 11. The maximum Gasteiger partial charge on any atom is 0.258 e. The minimum atomic E-state index is -3.18. The molecule has 14 nitrogen and oxygen atoms in total. The van der Waals surface area contributed by atoms with Crippen LogP contribution in [0.4, 0.5) is 5.69 Å². The standard InChI is InChI=1S/C31H45N7O7S/c1-31(2,3)46(43,44)17-16-45-15-5-10-36-11-13-37(14-12-36)21-33-19-22(18-32)28(40)34-25-7-4-6-23-24(25)20-38(30(23)42)26-8-9-27(39)35-29(26)41/h4,6-7,18-19,26H,5,8-17,20-21,32H2,1-3H3,(H,34,40)(H,35,39,41)/b22-18+,33-19?/t26-/m0/s1. The van der Waals surface area contributed by atoms with Gasteiger partial charge in [0.15, 0.2) is 9.84 Å². The fourth-order valence-corrected chi connectivity index (χ4v) is 6.40. The average Bonchev–Trinajstić information content (AvgIpc) is 3.34. The number of sulfone groups is 1. The zero-order valence-corrected chi connectivity index (χ0v) is 27.6. The van der Waals surface area contributed by atoms with Gasteiger partial charge in [-0.05, 0) is 45.7 Å². The molecule has 0 aliphatic carbocycles. The normalized spacial score (nSPS) is 20.3. The second-order valence-electron chi connectivity index (χ2n) is 12.6. The first-order valence-corrected chi connectivity index (χ1v) is 17.2. The number of fused-ring (bicyclic) bond motifs is 1. The van der Waals surface area contributed by atoms with Crippen molar-refractivity contribution in [2.24, 2.45) is 10.7 Å². The first-order chi connectivity index (χ1) is 21.8. The number of carbonyl (C=O) groups is 4. The quantitative estimate of drug-likeness (QED) is 0.117. The molecule has 0 aromatic heterocycles. The molecule has 1 atom stereocenters. The van der Waals surface area contributed by atoms with Crippen LogP contribution in [0, 0.1) is 0 Å². The molecule has 1 aromatic carbocycles. The summed E-state index contributed by atoms with van der Waals surface area (Å²) >= 11 is 0. The number of nitrogens with zero attached hydrogens (tertiary/aromatic N) is 4. The highest BCUT2D eigenvalue weighted by Gasteiger charge is 2.40. The lowest BCUT2D eigenvalue weighted by molar-refractivity contribution is -0.137. The van der Waals surface area contributed by atoms with E-state index >= 15 is 0 Å². The molecule has 3 heterocycles. The number of anilines is 1. The average molecular weight is 660 g/mol. The predicted octanol–water partition coefficient (Wildman–Crippen LogP) is 0.495. The third kappa shape index (κ3) is 8.78. The van der Waals surface area contributed by atoms with Crippen molar-refractivity contribution in [3.8, 4) is 0 Å². The molecule has 1 aromatic rings. The molecule has 2 fully saturated rings. The van der Waals surface area contributed by atoms with Crippen molar-refractivity contribution in [1.29, 1.82) is 0 Å². The molecule has 4 rings (SSSR count). The fraction of sp³-hybridized carbons (Fsp3) is 0.581. The van der Waals surface area contributed by atoms with Gasteiger partial charge in [-0.25, -0.2) is 8.42 Å². The molecule has 4 N–H and O–H groups in total. The molecule has 3 aliphatic rings. The number of imide groups is 1. The molecule has 0 spiro atoms. The van der Waals surface area contributed by atoms with Crippen molar-refractivity contribution in [3.63, 3.8) is 0 Å². The highest BCUT2D eigenvalue weighted by atomic mass is 32.2. The molecule has 252 valence electrons. The minimum Gasteiger partial charge on any atom is -0.404 e. The lowest BCUT2D eigenvalue weighted by Gasteiger charge is -2.33. The van der Waals surface area contributed by atoms with Gasteiger partial charge >= 0.3 is 0 Å². The number of nitrogens with two attached hydrogens (primary N) is 1. The molecule has 2 saturated heterocycles. The maximum absolute atomic E-state index is 13.1. The SMILES string of the molecule is CC(C)(C)S(=O)(=O)CCOCCCN1CCN(CN=C/C(=C\N)C(=O)Nc2cccc3c2CN([C@H]2CCC(=O)NC2=O)C3=O)CC1. The fourth-order valence-electron chi connectivity index (χ4n) is 5.45. The predicted molar refractivity (Wildman–Crippen MR) is 174 cm³/mol. The van der Waals surface area contributed by atoms with Gasteiger partial charge in [0.25, 0.3) is 11.8 Å². The summed E-state index contributed by atoms with van der Waals surface area (Å²) in [5.74, 6) is -1.63. The van der Waals surface area contributed by atoms with Crippen molar-refractivity contribution >= 4 is 45.4 Å². The second-order valence-corrected chi connectivity index (χ2v) is 15.5. The number of nitrogens with one attached hydrogen (secondary N) is 2. The number of piperidine rings is 1. The van der Waals surface area contributed by atoms with Crippen LogP contribution in [-0.2, 0) is 35.5 Å². The summed E-state index contributed by atoms with van der Waals surface area (Å²) < 4.78 is 29.1. The monoisotopic (exact) mass is 659 g/mol. The molecule has 46 heavy (non-hydrogen) atoms. The van der Waals surface area contributed by atoms with Crippen molar-refractivity contribution in [2.75, 3.05) is 63.7 Å². The Bertz CT molecular complexity index is 1480. The first kappa shape index (κ1) is 35.2. The lowest BCUT2D eigenvalue weighted by atomic mass is 10.0. The Labute approximate surface area is 270 Å². The highest BCUT2D eigenvalue weighted by Crippen LogP contribution is 2.32. The van der Waals surface area contributed by atoms with E-state index in [1.807, 2.05) is 0 Å². The van der Waals surface area contributed by atoms with Crippen LogP contribution in [0.3, 0.4) is 0 Å². The number of ether oxygens (including phenoxy) is 1. The first-order valence-electron chi connectivity index (χ1n) is 15.5. The van der Waals surface area contributed by atoms with E-state index in [0.29, 0.717) is 30.1 Å². The van der Waals surface area contributed by atoms with Crippen LogP contribution in [0.5, 0.6) is 0 Å². The van der Waals surface area contributed by atoms with Crippen molar-refractivity contribution in [3.05, 3.63) is 41.1 Å². The van der Waals surface area contributed by atoms with Gasteiger partial charge in [-0.15, -0.1) is 0 Å². The molecule has 4 amide bonds. The van der Waals surface area contributed by atoms with Gasteiger partial charge in [-0.1, -0.05) is 6.07 Å². The van der Waals surface area contributed by atoms with Crippen LogP contribution in [-0.4, -0.2) is 122 Å². The van der Waals surface area contributed by atoms with E-state index < -0.39 is 32.4 Å². The number of hydrogen-bond donors (Lipinski definition) is 3. The molecule has 0 saturated carbocycles. The molecular formula is C31H45N7O7S. The van der Waals surface area contributed by atoms with E-state index in [9.17, 15) is 27.6 Å². The highest BCUT2D eigenvalue weighted by molar-refractivity contribution is 7.92. The van der Waals surface area contributed by atoms with E-state index in [0.717, 1.165) is 39.1 Å². The van der Waals surface area contributed by atoms with E-state index in [4.69, 9.17) is 10.5 Å². The third-order valence-electron chi connectivity index (χ3n) is 8.44. The van der Waals surface area contributed by atoms with Crippen molar-refractivity contribution in [1.82, 2.24) is 20.0 Å². The Morgan fingerprint density at radius 3 is 2.52 bits per heavy atom. The maximum atomic E-state index is 13.1. The Morgan fingerprint density at radius 2 is 1.85 bits per heavy atom. The van der Waals surface area contributed by atoms with E-state index in [1.54, 1.807) is 39.0 Å². The van der Waals surface area contributed by atoms with Gasteiger partial charge < -0.3 is 25.6 Å². The number of carbonyl (C=O) groups excluding carboxylic acids is 4. The van der Waals surface area contributed by atoms with Gasteiger partial charge in [0.05, 0.1) is 29.3 Å². The number of benzene rings is 1. The molecule has 0 radical (unpaired) electrons. The summed E-state index contributed by atoms with van der Waals surface area (Å²) in [5, 5.41) is 5.11. The number of amides is 4. The van der Waals surface area contributed by atoms with Gasteiger partial charge in [0.1, 0.15) is 6.04 Å². The summed E-state index contributed by atoms with van der Waals surface area (Å²) in [6, 6.07) is 4.25. The lowest BCUT2D eigenvalue weighted by Crippen LogP contribution is -2.52. The second kappa shape index (κ2) is 15.3. The van der Waals surface area contributed by atoms with Crippen LogP contribution in [0.1, 0.15) is 56.0 Å². The minimum absolute atomic E-state index is 0.0267. The van der Waals surface area contributed by atoms with E-state index in [2.05, 4.69) is 25.4 Å². The Balaban J connectivity index is 1.19. The van der Waals surface area contributed by atoms with E-state index in [1.165, 1.54) is 17.3 Å². The summed E-state index contributed by atoms with van der Waals surface area (Å²) in [6.07, 6.45) is 3.84. The molecule has 15 heteroatoms. The summed E-state index contributed by atoms with van der Waals surface area (Å²) in [7, 11) is -3.18. The third-order valence-corrected chi connectivity index (χ3v) is 11.0. The van der Waals surface area contributed by atoms with Crippen LogP contribution in [0.2, 0.25) is 0 Å². The van der Waals surface area contributed by atoms with Gasteiger partial charge in [-0.3, -0.25) is 34.4 Å². The number of aliphatic imine (C=N–C) groups is 1. The molecule has 3 aliphatic heterocycles. The Hall–Kier alpha value is -3.66. The molecule has 0 unspecified atom stereocenters. The zero-order valence-electron chi connectivity index (χ0n) is 26.8. The van der Waals surface area contributed by atoms with Crippen molar-refractivity contribution < 1.29 is 32.3 Å².